The summed E-state index contributed by atoms with van der Waals surface area (Å²) in [6.07, 6.45) is 0.0931. The molecule has 0 unspecified atom stereocenters. The van der Waals surface area contributed by atoms with E-state index in [1.165, 1.54) is 16.3 Å². The Labute approximate surface area is 171 Å². The van der Waals surface area contributed by atoms with Crippen molar-refractivity contribution in [1.29, 1.82) is 0 Å². The van der Waals surface area contributed by atoms with Crippen LogP contribution in [0.1, 0.15) is 6.23 Å². The zero-order valence-corrected chi connectivity index (χ0v) is 17.4. The first-order chi connectivity index (χ1) is 13.6. The van der Waals surface area contributed by atoms with Gasteiger partial charge in [-0.15, -0.1) is 11.8 Å². The molecule has 30 heavy (non-hydrogen) atoms. The monoisotopic (exact) mass is 495 g/mol. The molecule has 1 fully saturated rings. The van der Waals surface area contributed by atoms with E-state index in [1.807, 2.05) is 0 Å². The molecule has 0 bridgehead atoms. The van der Waals surface area contributed by atoms with Crippen LogP contribution in [0.4, 0.5) is 10.6 Å². The van der Waals surface area contributed by atoms with Crippen LogP contribution < -0.4 is 11.4 Å². The first-order valence-corrected chi connectivity index (χ1v) is 11.8. The van der Waals surface area contributed by atoms with Gasteiger partial charge in [0.2, 0.25) is 0 Å². The number of carbonyl (C=O) groups is 2. The molecule has 1 aromatic heterocycles. The fourth-order valence-corrected chi connectivity index (χ4v) is 2.79. The highest BCUT2D eigenvalue weighted by atomic mass is 32.2. The van der Waals surface area contributed by atoms with Crippen molar-refractivity contribution in [2.24, 2.45) is 0 Å². The molecule has 0 aliphatic carbocycles. The van der Waals surface area contributed by atoms with Crippen LogP contribution in [0.25, 0.3) is 0 Å². The number of carboxylic acid groups (broad SMARTS) is 2. The van der Waals surface area contributed by atoms with Gasteiger partial charge < -0.3 is 45.4 Å². The van der Waals surface area contributed by atoms with Crippen molar-refractivity contribution >= 4 is 44.5 Å². The van der Waals surface area contributed by atoms with Crippen LogP contribution in [-0.4, -0.2) is 80.1 Å². The van der Waals surface area contributed by atoms with E-state index < -0.39 is 38.7 Å². The van der Waals surface area contributed by atoms with Gasteiger partial charge in [-0.25, -0.2) is 14.2 Å². The number of rotatable bonds is 5. The van der Waals surface area contributed by atoms with Gasteiger partial charge in [-0.1, -0.05) is 0 Å². The number of thioether (sulfide) groups is 1. The van der Waals surface area contributed by atoms with Gasteiger partial charge in [-0.3, -0.25) is 13.9 Å². The van der Waals surface area contributed by atoms with Crippen molar-refractivity contribution in [1.82, 2.24) is 9.55 Å². The molecular formula is C11H19N3O13P2S. The van der Waals surface area contributed by atoms with Crippen molar-refractivity contribution in [3.63, 3.8) is 0 Å². The van der Waals surface area contributed by atoms with Gasteiger partial charge in [0.05, 0.1) is 6.61 Å². The summed E-state index contributed by atoms with van der Waals surface area (Å²) in [5.41, 5.74) is 2.58. The lowest BCUT2D eigenvalue weighted by atomic mass is 10.5. The van der Waals surface area contributed by atoms with E-state index in [-0.39, 0.29) is 24.1 Å². The van der Waals surface area contributed by atoms with Gasteiger partial charge in [0.1, 0.15) is 23.6 Å². The van der Waals surface area contributed by atoms with Crippen molar-refractivity contribution in [3.8, 4) is 0 Å². The summed E-state index contributed by atoms with van der Waals surface area (Å²) in [5, 5.41) is 24.1. The van der Waals surface area contributed by atoms with Gasteiger partial charge in [0.25, 0.3) is 0 Å². The predicted octanol–water partition coefficient (Wildman–Crippen LogP) is -1.50. The van der Waals surface area contributed by atoms with Gasteiger partial charge in [-0.05, 0) is 6.07 Å². The lowest BCUT2D eigenvalue weighted by Gasteiger charge is -2.13. The van der Waals surface area contributed by atoms with E-state index in [9.17, 15) is 23.5 Å². The number of aromatic nitrogens is 2. The van der Waals surface area contributed by atoms with E-state index in [1.54, 1.807) is 12.3 Å². The predicted molar refractivity (Wildman–Crippen MR) is 101 cm³/mol. The molecule has 172 valence electrons. The minimum absolute atomic E-state index is 0.0572. The van der Waals surface area contributed by atoms with Crippen molar-refractivity contribution in [2.45, 2.75) is 11.7 Å². The Kier molecular flexibility index (Phi) is 11.4. The van der Waals surface area contributed by atoms with Crippen LogP contribution in [0.15, 0.2) is 17.1 Å². The molecule has 0 aromatic carbocycles. The second-order valence-corrected chi connectivity index (χ2v) is 9.43. The van der Waals surface area contributed by atoms with Gasteiger partial charge in [-0.2, -0.15) is 4.98 Å². The molecule has 2 heterocycles. The van der Waals surface area contributed by atoms with Crippen molar-refractivity contribution in [3.05, 3.63) is 22.7 Å². The van der Waals surface area contributed by atoms with E-state index in [4.69, 9.17) is 45.4 Å². The number of aliphatic hydroxyl groups is 1. The number of carboxylic acids is 1. The first kappa shape index (κ1) is 28.2. The summed E-state index contributed by atoms with van der Waals surface area (Å²) in [6.45, 7) is -0.0572. The molecule has 0 spiro atoms. The van der Waals surface area contributed by atoms with E-state index in [2.05, 4.69) is 4.98 Å². The number of hydrogen-bond acceptors (Lipinski definition) is 10. The highest BCUT2D eigenvalue weighted by Gasteiger charge is 2.27. The summed E-state index contributed by atoms with van der Waals surface area (Å²) in [7, 11) is -9.14. The quantitative estimate of drug-likeness (QED) is 0.216. The number of anilines is 1. The molecule has 2 atom stereocenters. The van der Waals surface area contributed by atoms with Crippen LogP contribution >= 0.6 is 27.0 Å². The first-order valence-electron chi connectivity index (χ1n) is 7.34. The standard InChI is InChI=1S/C8H11N3O3S.C2H5O5P.CH3O5P/c9-5-1-2-11(8(13)10-5)6-4-15-7(3-12)14-6;3-2(4)1-8(5,6)7;2-1(3)7(4,5)6/h1-2,6-7,12H,3-4H2,(H2,9,10,13);1H2,(H,3,4)(H2,5,6,7);(H,2,3)(H2,4,5,6)/t6-,7+;;/m1../s1. The van der Waals surface area contributed by atoms with E-state index >= 15 is 0 Å². The molecule has 19 heteroatoms. The van der Waals surface area contributed by atoms with Gasteiger partial charge in [0, 0.05) is 11.9 Å². The maximum atomic E-state index is 11.4. The summed E-state index contributed by atoms with van der Waals surface area (Å²) in [4.78, 5) is 64.9. The Morgan fingerprint density at radius 1 is 1.27 bits per heavy atom. The number of nitrogens with two attached hydrogens (primary N) is 1. The van der Waals surface area contributed by atoms with Gasteiger partial charge >= 0.3 is 32.6 Å². The average Bonchev–Trinajstić information content (AvgIpc) is 3.01. The molecule has 2 rings (SSSR count). The zero-order chi connectivity index (χ0) is 23.7. The SMILES string of the molecule is Nc1ccn([C@H]2CS[C@@H](CO)O2)c(=O)n1.O=C(O)CP(=O)(O)O.O=C(O)P(=O)(O)O. The molecule has 1 aliphatic heterocycles. The highest BCUT2D eigenvalue weighted by Crippen LogP contribution is 2.34. The van der Waals surface area contributed by atoms with E-state index in [0.29, 0.717) is 5.75 Å². The molecule has 1 saturated heterocycles. The molecule has 9 N–H and O–H groups in total. The third kappa shape index (κ3) is 12.0. The average molecular weight is 495 g/mol. The maximum absolute atomic E-state index is 11.4. The molecule has 0 amide bonds. The summed E-state index contributed by atoms with van der Waals surface area (Å²) in [5.74, 6) is -0.671. The summed E-state index contributed by atoms with van der Waals surface area (Å²) in [6, 6.07) is 1.54. The van der Waals surface area contributed by atoms with Crippen LogP contribution in [0.5, 0.6) is 0 Å². The van der Waals surface area contributed by atoms with Crippen molar-refractivity contribution in [2.75, 3.05) is 24.3 Å². The molecule has 0 saturated carbocycles. The van der Waals surface area contributed by atoms with Crippen molar-refractivity contribution < 1.29 is 58.3 Å². The van der Waals surface area contributed by atoms with E-state index in [0.717, 1.165) is 0 Å². The Hall–Kier alpha value is -1.81. The van der Waals surface area contributed by atoms with Crippen LogP contribution in [0.3, 0.4) is 0 Å². The number of ether oxygens (including phenoxy) is 1. The fraction of sp³-hybridized carbons (Fsp3) is 0.455. The van der Waals surface area contributed by atoms with Crippen LogP contribution in [-0.2, 0) is 18.7 Å². The number of nitrogen functional groups attached to an aromatic ring is 1. The number of aliphatic carboxylic acids is 1. The lowest BCUT2D eigenvalue weighted by Crippen LogP contribution is -2.28. The number of nitrogens with zero attached hydrogens (tertiary/aromatic N) is 2. The largest absolute Gasteiger partial charge is 0.481 e. The molecule has 16 nitrogen and oxygen atoms in total. The Morgan fingerprint density at radius 3 is 2.10 bits per heavy atom. The molecular weight excluding hydrogens is 476 g/mol. The Morgan fingerprint density at radius 2 is 1.80 bits per heavy atom. The Bertz CT molecular complexity index is 881. The number of aliphatic hydroxyl groups excluding tert-OH is 1. The molecule has 0 radical (unpaired) electrons. The normalized spacial score (nSPS) is 18.4. The molecule has 1 aromatic rings. The molecule has 1 aliphatic rings. The second-order valence-electron chi connectivity index (χ2n) is 5.12. The fourth-order valence-electron chi connectivity index (χ4n) is 1.51. The minimum Gasteiger partial charge on any atom is -0.481 e. The minimum atomic E-state index is -4.82. The lowest BCUT2D eigenvalue weighted by molar-refractivity contribution is -0.134. The smallest absolute Gasteiger partial charge is 0.433 e. The second kappa shape index (κ2) is 12.1. The maximum Gasteiger partial charge on any atom is 0.433 e. The zero-order valence-electron chi connectivity index (χ0n) is 14.8. The van der Waals surface area contributed by atoms with Crippen LogP contribution in [0, 0.1) is 0 Å². The van der Waals surface area contributed by atoms with Gasteiger partial charge in [0.15, 0.2) is 0 Å². The third-order valence-electron chi connectivity index (χ3n) is 2.63. The highest BCUT2D eigenvalue weighted by molar-refractivity contribution is 8.00. The topological polar surface area (TPSA) is 280 Å². The third-order valence-corrected chi connectivity index (χ3v) is 4.93. The summed E-state index contributed by atoms with van der Waals surface area (Å²) < 4.78 is 26.0. The van der Waals surface area contributed by atoms with Crippen LogP contribution in [0.2, 0.25) is 0 Å². The summed E-state index contributed by atoms with van der Waals surface area (Å²) >= 11 is 1.47. The number of hydrogen-bond donors (Lipinski definition) is 8. The Balaban J connectivity index is 0.000000477.